The van der Waals surface area contributed by atoms with Crippen molar-refractivity contribution in [2.24, 2.45) is 0 Å². The van der Waals surface area contributed by atoms with E-state index >= 15 is 0 Å². The highest BCUT2D eigenvalue weighted by molar-refractivity contribution is 5.96. The van der Waals surface area contributed by atoms with Gasteiger partial charge in [-0.25, -0.2) is 0 Å². The molecule has 1 aliphatic rings. The van der Waals surface area contributed by atoms with Crippen molar-refractivity contribution in [1.29, 1.82) is 0 Å². The topological polar surface area (TPSA) is 60.8 Å². The van der Waals surface area contributed by atoms with Crippen LogP contribution in [0.15, 0.2) is 24.3 Å². The molecule has 2 N–H and O–H groups in total. The number of aliphatic hydroxyl groups is 2. The number of β-amino-alcohol motifs (C(OH)–C–C–N with tert-alkyl or cyclic N) is 1. The smallest absolute Gasteiger partial charge is 0.254 e. The molecule has 0 fully saturated rings. The number of nitrogens with zero attached hydrogens (tertiary/aromatic N) is 1. The Kier molecular flexibility index (Phi) is 3.76. The van der Waals surface area contributed by atoms with Crippen molar-refractivity contribution in [2.45, 2.75) is 18.9 Å². The number of aryl methyl sites for hydroxylation is 1. The van der Waals surface area contributed by atoms with Crippen molar-refractivity contribution in [3.05, 3.63) is 35.4 Å². The molecule has 4 nitrogen and oxygen atoms in total. The van der Waals surface area contributed by atoms with Crippen LogP contribution in [0.3, 0.4) is 0 Å². The minimum Gasteiger partial charge on any atom is -0.394 e. The van der Waals surface area contributed by atoms with E-state index in [9.17, 15) is 9.90 Å². The molecule has 0 spiro atoms. The Hall–Kier alpha value is -1.39. The van der Waals surface area contributed by atoms with Crippen LogP contribution < -0.4 is 0 Å². The van der Waals surface area contributed by atoms with Crippen molar-refractivity contribution >= 4 is 5.91 Å². The summed E-state index contributed by atoms with van der Waals surface area (Å²) in [6, 6.07) is 7.58. The van der Waals surface area contributed by atoms with Gasteiger partial charge in [0.1, 0.15) is 0 Å². The largest absolute Gasteiger partial charge is 0.394 e. The average molecular weight is 235 g/mol. The van der Waals surface area contributed by atoms with Gasteiger partial charge in [-0.3, -0.25) is 4.79 Å². The van der Waals surface area contributed by atoms with E-state index in [1.165, 1.54) is 0 Å². The molecule has 1 amide bonds. The van der Waals surface area contributed by atoms with E-state index in [-0.39, 0.29) is 19.1 Å². The molecule has 0 aliphatic carbocycles. The first kappa shape index (κ1) is 12.1. The number of hydrogen-bond donors (Lipinski definition) is 2. The van der Waals surface area contributed by atoms with Gasteiger partial charge in [-0.15, -0.1) is 0 Å². The number of hydrogen-bond acceptors (Lipinski definition) is 3. The monoisotopic (exact) mass is 235 g/mol. The predicted molar refractivity (Wildman–Crippen MR) is 63.8 cm³/mol. The van der Waals surface area contributed by atoms with Gasteiger partial charge in [0.05, 0.1) is 12.7 Å². The highest BCUT2D eigenvalue weighted by Crippen LogP contribution is 2.18. The summed E-state index contributed by atoms with van der Waals surface area (Å²) in [5.74, 6) is -0.0504. The van der Waals surface area contributed by atoms with E-state index in [0.717, 1.165) is 24.0 Å². The molecule has 1 atom stereocenters. The fourth-order valence-corrected chi connectivity index (χ4v) is 2.17. The molecule has 0 aromatic heterocycles. The van der Waals surface area contributed by atoms with E-state index in [0.29, 0.717) is 6.54 Å². The number of carbonyl (C=O) groups excluding carboxylic acids is 1. The SMILES string of the molecule is O=C1c2ccccc2CCCN1CC(O)CO. The molecule has 0 saturated heterocycles. The van der Waals surface area contributed by atoms with Gasteiger partial charge in [-0.2, -0.15) is 0 Å². The molecule has 0 bridgehead atoms. The van der Waals surface area contributed by atoms with Gasteiger partial charge in [-0.1, -0.05) is 18.2 Å². The summed E-state index contributed by atoms with van der Waals surface area (Å²) in [5.41, 5.74) is 1.79. The summed E-state index contributed by atoms with van der Waals surface area (Å²) < 4.78 is 0. The number of carbonyl (C=O) groups is 1. The second kappa shape index (κ2) is 5.29. The van der Waals surface area contributed by atoms with Gasteiger partial charge in [0.2, 0.25) is 0 Å². The number of rotatable bonds is 3. The molecule has 0 saturated carbocycles. The van der Waals surface area contributed by atoms with Crippen LogP contribution >= 0.6 is 0 Å². The lowest BCUT2D eigenvalue weighted by molar-refractivity contribution is 0.0464. The van der Waals surface area contributed by atoms with Gasteiger partial charge in [0.15, 0.2) is 0 Å². The number of amides is 1. The molecule has 0 radical (unpaired) electrons. The van der Waals surface area contributed by atoms with E-state index in [1.807, 2.05) is 24.3 Å². The fourth-order valence-electron chi connectivity index (χ4n) is 2.17. The van der Waals surface area contributed by atoms with Crippen LogP contribution in [0.5, 0.6) is 0 Å². The average Bonchev–Trinajstić information content (AvgIpc) is 2.51. The standard InChI is InChI=1S/C13H17NO3/c15-9-11(16)8-14-7-3-5-10-4-1-2-6-12(10)13(14)17/h1-2,4,6,11,15-16H,3,5,7-9H2. The van der Waals surface area contributed by atoms with Gasteiger partial charge in [-0.05, 0) is 24.5 Å². The van der Waals surface area contributed by atoms with Crippen LogP contribution in [0.2, 0.25) is 0 Å². The highest BCUT2D eigenvalue weighted by Gasteiger charge is 2.23. The van der Waals surface area contributed by atoms with Crippen LogP contribution in [0.4, 0.5) is 0 Å². The Bertz CT molecular complexity index is 405. The van der Waals surface area contributed by atoms with E-state index in [4.69, 9.17) is 5.11 Å². The molecule has 17 heavy (non-hydrogen) atoms. The fraction of sp³-hybridized carbons (Fsp3) is 0.462. The molecular weight excluding hydrogens is 218 g/mol. The maximum Gasteiger partial charge on any atom is 0.254 e. The third-order valence-electron chi connectivity index (χ3n) is 3.05. The van der Waals surface area contributed by atoms with Crippen LogP contribution in [-0.4, -0.2) is 46.8 Å². The zero-order valence-corrected chi connectivity index (χ0v) is 9.67. The zero-order valence-electron chi connectivity index (χ0n) is 9.67. The lowest BCUT2D eigenvalue weighted by Crippen LogP contribution is -2.38. The first-order valence-corrected chi connectivity index (χ1v) is 5.88. The molecule has 1 aliphatic heterocycles. The maximum absolute atomic E-state index is 12.2. The van der Waals surface area contributed by atoms with Crippen molar-refractivity contribution < 1.29 is 15.0 Å². The summed E-state index contributed by atoms with van der Waals surface area (Å²) in [6.45, 7) is 0.514. The maximum atomic E-state index is 12.2. The lowest BCUT2D eigenvalue weighted by Gasteiger charge is -2.23. The van der Waals surface area contributed by atoms with Crippen molar-refractivity contribution in [2.75, 3.05) is 19.7 Å². The molecule has 1 aromatic carbocycles. The Balaban J connectivity index is 2.20. The Morgan fingerprint density at radius 2 is 2.12 bits per heavy atom. The predicted octanol–water partition coefficient (Wildman–Crippen LogP) is 0.428. The summed E-state index contributed by atoms with van der Waals surface area (Å²) in [7, 11) is 0. The highest BCUT2D eigenvalue weighted by atomic mass is 16.3. The van der Waals surface area contributed by atoms with Crippen molar-refractivity contribution in [3.8, 4) is 0 Å². The van der Waals surface area contributed by atoms with E-state index in [2.05, 4.69) is 0 Å². The summed E-state index contributed by atoms with van der Waals surface area (Å²) in [6.07, 6.45) is 0.915. The second-order valence-corrected chi connectivity index (χ2v) is 4.35. The van der Waals surface area contributed by atoms with Crippen LogP contribution in [-0.2, 0) is 6.42 Å². The van der Waals surface area contributed by atoms with Crippen LogP contribution in [0.25, 0.3) is 0 Å². The van der Waals surface area contributed by atoms with Gasteiger partial charge in [0.25, 0.3) is 5.91 Å². The van der Waals surface area contributed by atoms with E-state index in [1.54, 1.807) is 4.90 Å². The molecule has 92 valence electrons. The zero-order chi connectivity index (χ0) is 12.3. The number of aliphatic hydroxyl groups excluding tert-OH is 2. The summed E-state index contributed by atoms with van der Waals surface area (Å²) in [5, 5.41) is 18.3. The normalized spacial score (nSPS) is 17.5. The third kappa shape index (κ3) is 2.65. The van der Waals surface area contributed by atoms with Gasteiger partial charge < -0.3 is 15.1 Å². The number of fused-ring (bicyclic) bond motifs is 1. The van der Waals surface area contributed by atoms with Crippen LogP contribution in [0.1, 0.15) is 22.3 Å². The first-order valence-electron chi connectivity index (χ1n) is 5.88. The summed E-state index contributed by atoms with van der Waals surface area (Å²) >= 11 is 0. The van der Waals surface area contributed by atoms with Crippen LogP contribution in [0, 0.1) is 0 Å². The molecular formula is C13H17NO3. The molecule has 4 heteroatoms. The second-order valence-electron chi connectivity index (χ2n) is 4.35. The molecule has 2 rings (SSSR count). The van der Waals surface area contributed by atoms with Gasteiger partial charge >= 0.3 is 0 Å². The number of benzene rings is 1. The minimum atomic E-state index is -0.857. The van der Waals surface area contributed by atoms with Gasteiger partial charge in [0, 0.05) is 18.7 Å². The first-order chi connectivity index (χ1) is 8.22. The third-order valence-corrected chi connectivity index (χ3v) is 3.05. The Morgan fingerprint density at radius 1 is 1.35 bits per heavy atom. The van der Waals surface area contributed by atoms with Crippen molar-refractivity contribution in [1.82, 2.24) is 4.90 Å². The molecule has 1 unspecified atom stereocenters. The molecule has 1 aromatic rings. The Morgan fingerprint density at radius 3 is 2.88 bits per heavy atom. The van der Waals surface area contributed by atoms with Crippen molar-refractivity contribution in [3.63, 3.8) is 0 Å². The Labute approximate surface area is 100 Å². The quantitative estimate of drug-likeness (QED) is 0.798. The minimum absolute atomic E-state index is 0.0504. The lowest BCUT2D eigenvalue weighted by atomic mass is 10.0. The summed E-state index contributed by atoms with van der Waals surface area (Å²) in [4.78, 5) is 13.8. The van der Waals surface area contributed by atoms with E-state index < -0.39 is 6.10 Å². The molecule has 1 heterocycles.